The molecule has 0 aliphatic heterocycles. The summed E-state index contributed by atoms with van der Waals surface area (Å²) >= 11 is 0. The Kier molecular flexibility index (Phi) is 3.89. The second kappa shape index (κ2) is 6.19. The van der Waals surface area contributed by atoms with Crippen LogP contribution in [0.5, 0.6) is 0 Å². The molecule has 1 aromatic carbocycles. The van der Waals surface area contributed by atoms with E-state index in [-0.39, 0.29) is 11.2 Å². The van der Waals surface area contributed by atoms with Gasteiger partial charge in [0, 0.05) is 18.9 Å². The smallest absolute Gasteiger partial charge is 0.142 e. The summed E-state index contributed by atoms with van der Waals surface area (Å²) < 4.78 is 13.8. The second-order valence-corrected chi connectivity index (χ2v) is 8.78. The molecule has 1 N–H and O–H groups in total. The van der Waals surface area contributed by atoms with Crippen LogP contribution in [0, 0.1) is 23.1 Å². The van der Waals surface area contributed by atoms with E-state index in [4.69, 9.17) is 0 Å². The van der Waals surface area contributed by atoms with Crippen molar-refractivity contribution in [1.29, 1.82) is 0 Å². The lowest BCUT2D eigenvalue weighted by atomic mass is 9.54. The van der Waals surface area contributed by atoms with Gasteiger partial charge in [0.2, 0.25) is 0 Å². The van der Waals surface area contributed by atoms with E-state index in [9.17, 15) is 4.39 Å². The third-order valence-corrected chi connectivity index (χ3v) is 7.61. The van der Waals surface area contributed by atoms with Crippen molar-refractivity contribution in [3.05, 3.63) is 65.2 Å². The molecule has 2 aromatic rings. The molecular weight excluding hydrogens is 335 g/mol. The van der Waals surface area contributed by atoms with Gasteiger partial charge in [-0.25, -0.2) is 4.39 Å². The fourth-order valence-electron chi connectivity index (χ4n) is 6.31. The molecule has 2 nitrogen and oxygen atoms in total. The van der Waals surface area contributed by atoms with Crippen LogP contribution in [0.3, 0.4) is 0 Å². The van der Waals surface area contributed by atoms with Crippen LogP contribution < -0.4 is 5.32 Å². The highest BCUT2D eigenvalue weighted by atomic mass is 19.1. The number of allylic oxidation sites excluding steroid dienone is 2. The van der Waals surface area contributed by atoms with E-state index in [0.29, 0.717) is 11.8 Å². The number of aromatic nitrogens is 1. The number of hydrogen-bond acceptors (Lipinski definition) is 2. The Hall–Kier alpha value is -2.16. The maximum atomic E-state index is 13.8. The van der Waals surface area contributed by atoms with Crippen LogP contribution in [0.25, 0.3) is 5.57 Å². The number of hydrogen-bond donors (Lipinski definition) is 1. The summed E-state index contributed by atoms with van der Waals surface area (Å²) in [7, 11) is 1.99. The zero-order valence-corrected chi connectivity index (χ0v) is 16.1. The minimum atomic E-state index is -0.235. The van der Waals surface area contributed by atoms with E-state index >= 15 is 0 Å². The van der Waals surface area contributed by atoms with Crippen molar-refractivity contribution in [3.8, 4) is 0 Å². The average molecular weight is 362 g/mol. The predicted molar refractivity (Wildman–Crippen MR) is 108 cm³/mol. The first-order valence-corrected chi connectivity index (χ1v) is 10.2. The van der Waals surface area contributed by atoms with E-state index in [2.05, 4.69) is 41.5 Å². The van der Waals surface area contributed by atoms with E-state index < -0.39 is 0 Å². The zero-order chi connectivity index (χ0) is 18.6. The third-order valence-electron chi connectivity index (χ3n) is 7.61. The molecule has 1 heterocycles. The van der Waals surface area contributed by atoms with Crippen molar-refractivity contribution in [2.75, 3.05) is 12.4 Å². The number of aryl methyl sites for hydroxylation is 1. The second-order valence-electron chi connectivity index (χ2n) is 8.78. The lowest BCUT2D eigenvalue weighted by molar-refractivity contribution is 0.0886. The molecule has 0 spiro atoms. The monoisotopic (exact) mass is 362 g/mol. The molecule has 0 saturated heterocycles. The fourth-order valence-corrected chi connectivity index (χ4v) is 6.31. The van der Waals surface area contributed by atoms with Crippen molar-refractivity contribution in [3.63, 3.8) is 0 Å². The molecular formula is C24H27FN2. The Morgan fingerprint density at radius 2 is 2.07 bits per heavy atom. The summed E-state index contributed by atoms with van der Waals surface area (Å²) in [6.45, 7) is 2.41. The molecule has 5 rings (SSSR count). The number of rotatable bonds is 2. The molecule has 140 valence electrons. The minimum Gasteiger partial charge on any atom is -0.388 e. The fraction of sp³-hybridized carbons (Fsp3) is 0.458. The summed E-state index contributed by atoms with van der Waals surface area (Å²) in [4.78, 5) is 4.10. The first-order chi connectivity index (χ1) is 13.1. The lowest BCUT2D eigenvalue weighted by Gasteiger charge is -2.50. The molecule has 0 unspecified atom stereocenters. The van der Waals surface area contributed by atoms with Crippen LogP contribution in [0.2, 0.25) is 0 Å². The number of fused-ring (bicyclic) bond motifs is 5. The van der Waals surface area contributed by atoms with Gasteiger partial charge < -0.3 is 5.32 Å². The van der Waals surface area contributed by atoms with Crippen LogP contribution in [0.15, 0.2) is 42.7 Å². The van der Waals surface area contributed by atoms with Crippen LogP contribution in [0.1, 0.15) is 55.2 Å². The molecule has 3 aliphatic carbocycles. The van der Waals surface area contributed by atoms with Crippen LogP contribution in [-0.2, 0) is 6.42 Å². The number of benzene rings is 1. The Bertz CT molecular complexity index is 918. The topological polar surface area (TPSA) is 24.9 Å². The van der Waals surface area contributed by atoms with Crippen LogP contribution >= 0.6 is 0 Å². The highest BCUT2D eigenvalue weighted by Gasteiger charge is 2.51. The molecule has 0 bridgehead atoms. The maximum Gasteiger partial charge on any atom is 0.142 e. The summed E-state index contributed by atoms with van der Waals surface area (Å²) in [5.74, 6) is 1.83. The van der Waals surface area contributed by atoms with Gasteiger partial charge in [0.1, 0.15) is 5.82 Å². The average Bonchev–Trinajstić information content (AvgIpc) is 3.04. The quantitative estimate of drug-likeness (QED) is 0.729. The molecule has 0 amide bonds. The molecule has 1 aromatic heterocycles. The van der Waals surface area contributed by atoms with Gasteiger partial charge in [-0.05, 0) is 95.7 Å². The van der Waals surface area contributed by atoms with Gasteiger partial charge in [-0.2, -0.15) is 0 Å². The zero-order valence-electron chi connectivity index (χ0n) is 16.1. The van der Waals surface area contributed by atoms with Crippen LogP contribution in [0.4, 0.5) is 10.1 Å². The molecule has 1 saturated carbocycles. The number of pyridine rings is 1. The van der Waals surface area contributed by atoms with Gasteiger partial charge in [-0.3, -0.25) is 4.98 Å². The summed E-state index contributed by atoms with van der Waals surface area (Å²) in [5, 5.41) is 3.28. The summed E-state index contributed by atoms with van der Waals surface area (Å²) in [6, 6.07) is 8.59. The molecule has 3 aliphatic rings. The largest absolute Gasteiger partial charge is 0.388 e. The van der Waals surface area contributed by atoms with Crippen molar-refractivity contribution >= 4 is 11.3 Å². The number of nitrogens with one attached hydrogen (secondary N) is 1. The first-order valence-electron chi connectivity index (χ1n) is 10.2. The molecule has 0 radical (unpaired) electrons. The Morgan fingerprint density at radius 1 is 1.19 bits per heavy atom. The normalized spacial score (nSPS) is 31.5. The van der Waals surface area contributed by atoms with Crippen molar-refractivity contribution in [2.24, 2.45) is 17.3 Å². The molecule has 1 fully saturated rings. The highest BCUT2D eigenvalue weighted by Crippen LogP contribution is 2.63. The van der Waals surface area contributed by atoms with Gasteiger partial charge in [0.25, 0.3) is 0 Å². The highest BCUT2D eigenvalue weighted by molar-refractivity contribution is 5.72. The van der Waals surface area contributed by atoms with E-state index in [1.54, 1.807) is 11.6 Å². The van der Waals surface area contributed by atoms with Crippen molar-refractivity contribution in [2.45, 2.75) is 44.9 Å². The standard InChI is InChI=1S/C24H27FN2/c1-24-10-9-20-19-6-4-18(26-2)12-15(19)3-5-21(20)23(24)8-7-22(24)16-11-17(25)14-27-13-16/h4,6-7,11-14,20-21,23,26H,3,5,8-10H2,1-2H3/t20-,21-,23+,24-/m1/s1. The third kappa shape index (κ3) is 2.55. The van der Waals surface area contributed by atoms with Gasteiger partial charge >= 0.3 is 0 Å². The van der Waals surface area contributed by atoms with E-state index in [1.807, 2.05) is 13.2 Å². The summed E-state index contributed by atoms with van der Waals surface area (Å²) in [5.41, 5.74) is 6.79. The molecule has 3 heteroatoms. The van der Waals surface area contributed by atoms with Gasteiger partial charge in [-0.15, -0.1) is 0 Å². The minimum absolute atomic E-state index is 0.152. The van der Waals surface area contributed by atoms with Crippen LogP contribution in [-0.4, -0.2) is 12.0 Å². The maximum absolute atomic E-state index is 13.8. The SMILES string of the molecule is CNc1ccc2c(c1)CC[C@@H]1[C@@H]2CC[C@]2(C)C(c3cncc(F)c3)=CC[C@@H]12. The van der Waals surface area contributed by atoms with E-state index in [0.717, 1.165) is 17.9 Å². The Morgan fingerprint density at radius 3 is 2.89 bits per heavy atom. The van der Waals surface area contributed by atoms with Gasteiger partial charge in [0.05, 0.1) is 6.20 Å². The Labute approximate surface area is 160 Å². The van der Waals surface area contributed by atoms with Crippen molar-refractivity contribution < 1.29 is 4.39 Å². The number of halogens is 1. The lowest BCUT2D eigenvalue weighted by Crippen LogP contribution is -2.40. The molecule has 4 atom stereocenters. The Balaban J connectivity index is 1.47. The first kappa shape index (κ1) is 17.0. The van der Waals surface area contributed by atoms with Gasteiger partial charge in [0.15, 0.2) is 0 Å². The molecule has 27 heavy (non-hydrogen) atoms. The van der Waals surface area contributed by atoms with Crippen molar-refractivity contribution in [1.82, 2.24) is 4.98 Å². The predicted octanol–water partition coefficient (Wildman–Crippen LogP) is 5.81. The summed E-state index contributed by atoms with van der Waals surface area (Å²) in [6.07, 6.45) is 11.5. The number of anilines is 1. The van der Waals surface area contributed by atoms with Gasteiger partial charge in [-0.1, -0.05) is 19.1 Å². The van der Waals surface area contributed by atoms with E-state index in [1.165, 1.54) is 48.7 Å². The number of nitrogens with zero attached hydrogens (tertiary/aromatic N) is 1.